The van der Waals surface area contributed by atoms with Crippen LogP contribution < -0.4 is 10.5 Å². The number of hydrogen-bond donors (Lipinski definition) is 1. The predicted molar refractivity (Wildman–Crippen MR) is 88.8 cm³/mol. The molecule has 1 saturated heterocycles. The number of piperidine rings is 1. The quantitative estimate of drug-likeness (QED) is 0.884. The molecule has 2 atom stereocenters. The number of halogens is 2. The Labute approximate surface area is 142 Å². The van der Waals surface area contributed by atoms with E-state index in [-0.39, 0.29) is 31.0 Å². The summed E-state index contributed by atoms with van der Waals surface area (Å²) in [5, 5.41) is 0.581. The van der Waals surface area contributed by atoms with Gasteiger partial charge in [0.1, 0.15) is 17.9 Å². The van der Waals surface area contributed by atoms with Crippen molar-refractivity contribution < 1.29 is 14.3 Å². The van der Waals surface area contributed by atoms with Gasteiger partial charge in [0.25, 0.3) is 0 Å². The molecular formula is C15H22Cl2N2O3. The number of para-hydroxylation sites is 1. The lowest BCUT2D eigenvalue weighted by Gasteiger charge is -2.34. The summed E-state index contributed by atoms with van der Waals surface area (Å²) in [6, 6.07) is 6.74. The zero-order valence-corrected chi connectivity index (χ0v) is 14.1. The number of nitrogens with zero attached hydrogens (tertiary/aromatic N) is 1. The number of benzene rings is 1. The second-order valence-electron chi connectivity index (χ2n) is 5.16. The molecule has 2 rings (SSSR count). The Morgan fingerprint density at radius 3 is 2.91 bits per heavy atom. The number of amides is 1. The van der Waals surface area contributed by atoms with Crippen molar-refractivity contribution in [2.45, 2.75) is 25.0 Å². The third-order valence-electron chi connectivity index (χ3n) is 3.48. The molecule has 5 nitrogen and oxygen atoms in total. The molecule has 2 N–H and O–H groups in total. The van der Waals surface area contributed by atoms with Crippen molar-refractivity contribution in [3.05, 3.63) is 29.3 Å². The highest BCUT2D eigenvalue weighted by Crippen LogP contribution is 2.26. The summed E-state index contributed by atoms with van der Waals surface area (Å²) in [4.78, 5) is 13.9. The minimum Gasteiger partial charge on any atom is -0.487 e. The average molecular weight is 349 g/mol. The molecule has 0 saturated carbocycles. The van der Waals surface area contributed by atoms with Gasteiger partial charge in [-0.1, -0.05) is 23.7 Å². The van der Waals surface area contributed by atoms with Gasteiger partial charge >= 0.3 is 0 Å². The second-order valence-corrected chi connectivity index (χ2v) is 5.57. The number of methoxy groups -OCH3 is 1. The number of carbonyl (C=O) groups excluding carboxylic acids is 1. The van der Waals surface area contributed by atoms with E-state index in [0.717, 1.165) is 12.8 Å². The molecule has 7 heteroatoms. The lowest BCUT2D eigenvalue weighted by molar-refractivity contribution is -0.136. The SMILES string of the molecule is COCC(N)C(=O)N1CCCC(Oc2ccccc2Cl)C1.Cl. The van der Waals surface area contributed by atoms with Gasteiger partial charge in [0.05, 0.1) is 18.2 Å². The maximum absolute atomic E-state index is 12.2. The van der Waals surface area contributed by atoms with E-state index in [1.807, 2.05) is 18.2 Å². The number of rotatable bonds is 5. The molecule has 0 aromatic heterocycles. The standard InChI is InChI=1S/C15H21ClN2O3.ClH/c1-20-10-13(17)15(19)18-8-4-5-11(9-18)21-14-7-3-2-6-12(14)16;/h2-3,6-7,11,13H,4-5,8-10,17H2,1H3;1H. The first-order valence-electron chi connectivity index (χ1n) is 7.06. The molecular weight excluding hydrogens is 327 g/mol. The lowest BCUT2D eigenvalue weighted by atomic mass is 10.1. The van der Waals surface area contributed by atoms with Gasteiger partial charge in [0.15, 0.2) is 0 Å². The van der Waals surface area contributed by atoms with E-state index in [1.54, 1.807) is 11.0 Å². The Hall–Kier alpha value is -1.01. The summed E-state index contributed by atoms with van der Waals surface area (Å²) in [6.45, 7) is 1.46. The van der Waals surface area contributed by atoms with Crippen LogP contribution in [0.15, 0.2) is 24.3 Å². The fourth-order valence-electron chi connectivity index (χ4n) is 2.44. The van der Waals surface area contributed by atoms with Crippen LogP contribution in [-0.2, 0) is 9.53 Å². The van der Waals surface area contributed by atoms with Crippen molar-refractivity contribution in [1.82, 2.24) is 4.90 Å². The average Bonchev–Trinajstić information content (AvgIpc) is 2.49. The highest BCUT2D eigenvalue weighted by molar-refractivity contribution is 6.32. The van der Waals surface area contributed by atoms with Crippen molar-refractivity contribution in [3.63, 3.8) is 0 Å². The minimum absolute atomic E-state index is 0. The number of carbonyl (C=O) groups is 1. The number of hydrogen-bond acceptors (Lipinski definition) is 4. The molecule has 124 valence electrons. The molecule has 22 heavy (non-hydrogen) atoms. The van der Waals surface area contributed by atoms with Gasteiger partial charge in [0, 0.05) is 13.7 Å². The smallest absolute Gasteiger partial charge is 0.242 e. The molecule has 0 bridgehead atoms. The fraction of sp³-hybridized carbons (Fsp3) is 0.533. The van der Waals surface area contributed by atoms with Crippen LogP contribution in [0.1, 0.15) is 12.8 Å². The van der Waals surface area contributed by atoms with Gasteiger partial charge in [-0.3, -0.25) is 4.79 Å². The van der Waals surface area contributed by atoms with Crippen LogP contribution in [0.3, 0.4) is 0 Å². The first-order chi connectivity index (χ1) is 10.1. The maximum Gasteiger partial charge on any atom is 0.242 e. The third kappa shape index (κ3) is 5.02. The van der Waals surface area contributed by atoms with E-state index >= 15 is 0 Å². The van der Waals surface area contributed by atoms with E-state index in [1.165, 1.54) is 7.11 Å². The van der Waals surface area contributed by atoms with Crippen LogP contribution in [0.25, 0.3) is 0 Å². The molecule has 1 aromatic carbocycles. The Bertz CT molecular complexity index is 488. The number of likely N-dealkylation sites (tertiary alicyclic amines) is 1. The van der Waals surface area contributed by atoms with E-state index in [0.29, 0.717) is 23.9 Å². The first kappa shape index (κ1) is 19.0. The van der Waals surface area contributed by atoms with Gasteiger partial charge in [0.2, 0.25) is 5.91 Å². The van der Waals surface area contributed by atoms with Crippen LogP contribution >= 0.6 is 24.0 Å². The van der Waals surface area contributed by atoms with E-state index in [2.05, 4.69) is 0 Å². The summed E-state index contributed by atoms with van der Waals surface area (Å²) < 4.78 is 10.8. The highest BCUT2D eigenvalue weighted by atomic mass is 35.5. The zero-order chi connectivity index (χ0) is 15.2. The Balaban J connectivity index is 0.00000242. The Morgan fingerprint density at radius 2 is 2.23 bits per heavy atom. The topological polar surface area (TPSA) is 64.8 Å². The van der Waals surface area contributed by atoms with Crippen molar-refractivity contribution in [3.8, 4) is 5.75 Å². The Kier molecular flexibility index (Phi) is 7.96. The van der Waals surface area contributed by atoms with E-state index in [9.17, 15) is 4.79 Å². The maximum atomic E-state index is 12.2. The fourth-order valence-corrected chi connectivity index (χ4v) is 2.62. The van der Waals surface area contributed by atoms with Crippen molar-refractivity contribution >= 4 is 29.9 Å². The molecule has 0 aliphatic carbocycles. The molecule has 1 aliphatic heterocycles. The van der Waals surface area contributed by atoms with Crippen molar-refractivity contribution in [1.29, 1.82) is 0 Å². The van der Waals surface area contributed by atoms with Crippen molar-refractivity contribution in [2.24, 2.45) is 5.73 Å². The van der Waals surface area contributed by atoms with E-state index in [4.69, 9.17) is 26.8 Å². The lowest BCUT2D eigenvalue weighted by Crippen LogP contribution is -2.51. The van der Waals surface area contributed by atoms with Gasteiger partial charge in [-0.2, -0.15) is 0 Å². The molecule has 1 aromatic rings. The minimum atomic E-state index is -0.617. The molecule has 1 amide bonds. The third-order valence-corrected chi connectivity index (χ3v) is 3.80. The predicted octanol–water partition coefficient (Wildman–Crippen LogP) is 2.11. The van der Waals surface area contributed by atoms with Gasteiger partial charge in [-0.15, -0.1) is 12.4 Å². The summed E-state index contributed by atoms with van der Waals surface area (Å²) in [5.74, 6) is 0.559. The van der Waals surface area contributed by atoms with Crippen molar-refractivity contribution in [2.75, 3.05) is 26.8 Å². The second kappa shape index (κ2) is 9.20. The molecule has 1 fully saturated rings. The molecule has 0 spiro atoms. The van der Waals surface area contributed by atoms with Crippen LogP contribution in [0.2, 0.25) is 5.02 Å². The van der Waals surface area contributed by atoms with Crippen LogP contribution in [0.5, 0.6) is 5.75 Å². The van der Waals surface area contributed by atoms with Crippen LogP contribution in [0, 0.1) is 0 Å². The van der Waals surface area contributed by atoms with Gasteiger partial charge < -0.3 is 20.1 Å². The zero-order valence-electron chi connectivity index (χ0n) is 12.5. The first-order valence-corrected chi connectivity index (χ1v) is 7.44. The highest BCUT2D eigenvalue weighted by Gasteiger charge is 2.28. The molecule has 1 aliphatic rings. The van der Waals surface area contributed by atoms with Crippen LogP contribution in [-0.4, -0.2) is 49.8 Å². The summed E-state index contributed by atoms with van der Waals surface area (Å²) in [5.41, 5.74) is 5.80. The van der Waals surface area contributed by atoms with E-state index < -0.39 is 6.04 Å². The number of ether oxygens (including phenoxy) is 2. The molecule has 1 heterocycles. The van der Waals surface area contributed by atoms with Crippen LogP contribution in [0.4, 0.5) is 0 Å². The van der Waals surface area contributed by atoms with Gasteiger partial charge in [-0.05, 0) is 25.0 Å². The number of nitrogens with two attached hydrogens (primary N) is 1. The monoisotopic (exact) mass is 348 g/mol. The summed E-state index contributed by atoms with van der Waals surface area (Å²) >= 11 is 6.09. The Morgan fingerprint density at radius 1 is 1.50 bits per heavy atom. The summed E-state index contributed by atoms with van der Waals surface area (Å²) in [7, 11) is 1.53. The van der Waals surface area contributed by atoms with Gasteiger partial charge in [-0.25, -0.2) is 0 Å². The molecule has 2 unspecified atom stereocenters. The summed E-state index contributed by atoms with van der Waals surface area (Å²) in [6.07, 6.45) is 1.73. The molecule has 0 radical (unpaired) electrons. The normalized spacial score (nSPS) is 19.2. The largest absolute Gasteiger partial charge is 0.487 e.